The Morgan fingerprint density at radius 3 is 2.75 bits per heavy atom. The topological polar surface area (TPSA) is 73.9 Å². The van der Waals surface area contributed by atoms with Crippen molar-refractivity contribution in [2.45, 2.75) is 19.5 Å². The SMILES string of the molecule is CCc1nc(NC(=O)[C@@H]2CN(C)C[C@H]2C(F)(F)F)n[nH]1. The van der Waals surface area contributed by atoms with E-state index in [-0.39, 0.29) is 19.0 Å². The molecule has 0 saturated carbocycles. The highest BCUT2D eigenvalue weighted by Crippen LogP contribution is 2.37. The first kappa shape index (κ1) is 14.8. The maximum absolute atomic E-state index is 12.9. The van der Waals surface area contributed by atoms with Gasteiger partial charge in [0.2, 0.25) is 11.9 Å². The molecule has 1 aliphatic rings. The van der Waals surface area contributed by atoms with E-state index in [1.165, 1.54) is 4.90 Å². The number of hydrogen-bond donors (Lipinski definition) is 2. The van der Waals surface area contributed by atoms with Gasteiger partial charge in [-0.1, -0.05) is 6.92 Å². The van der Waals surface area contributed by atoms with E-state index in [0.717, 1.165) is 0 Å². The second-order valence-electron chi connectivity index (χ2n) is 4.92. The molecule has 1 aromatic rings. The lowest BCUT2D eigenvalue weighted by Crippen LogP contribution is -2.36. The van der Waals surface area contributed by atoms with Gasteiger partial charge < -0.3 is 4.90 Å². The van der Waals surface area contributed by atoms with Crippen molar-refractivity contribution in [3.8, 4) is 0 Å². The molecule has 0 bridgehead atoms. The zero-order valence-electron chi connectivity index (χ0n) is 11.2. The Hall–Kier alpha value is -1.64. The number of carbonyl (C=O) groups excluding carboxylic acids is 1. The first-order valence-corrected chi connectivity index (χ1v) is 6.28. The van der Waals surface area contributed by atoms with Gasteiger partial charge in [0.1, 0.15) is 5.82 Å². The van der Waals surface area contributed by atoms with Crippen LogP contribution in [0.25, 0.3) is 0 Å². The summed E-state index contributed by atoms with van der Waals surface area (Å²) in [5.74, 6) is -2.91. The molecule has 2 rings (SSSR count). The van der Waals surface area contributed by atoms with Crippen molar-refractivity contribution in [2.24, 2.45) is 11.8 Å². The molecule has 112 valence electrons. The van der Waals surface area contributed by atoms with Gasteiger partial charge in [0.25, 0.3) is 0 Å². The molecule has 2 N–H and O–H groups in total. The van der Waals surface area contributed by atoms with Crippen molar-refractivity contribution in [2.75, 3.05) is 25.5 Å². The molecule has 2 heterocycles. The number of carbonyl (C=O) groups is 1. The molecule has 0 unspecified atom stereocenters. The molecule has 0 aliphatic carbocycles. The summed E-state index contributed by atoms with van der Waals surface area (Å²) in [5.41, 5.74) is 0. The van der Waals surface area contributed by atoms with Crippen LogP contribution >= 0.6 is 0 Å². The molecule has 1 fully saturated rings. The number of aryl methyl sites for hydroxylation is 1. The standard InChI is InChI=1S/C11H16F3N5O/c1-3-8-15-10(18-17-8)16-9(20)6-4-19(2)5-7(6)11(12,13)14/h6-7H,3-5H2,1-2H3,(H2,15,16,17,18,20)/t6-,7-/m1/s1. The number of nitrogens with zero attached hydrogens (tertiary/aromatic N) is 3. The van der Waals surface area contributed by atoms with Crippen LogP contribution in [0.1, 0.15) is 12.7 Å². The Kier molecular flexibility index (Phi) is 3.98. The van der Waals surface area contributed by atoms with E-state index < -0.39 is 23.9 Å². The molecule has 1 amide bonds. The maximum atomic E-state index is 12.9. The highest BCUT2D eigenvalue weighted by Gasteiger charge is 2.51. The predicted molar refractivity (Wildman–Crippen MR) is 64.9 cm³/mol. The van der Waals surface area contributed by atoms with Crippen LogP contribution in [0.15, 0.2) is 0 Å². The summed E-state index contributed by atoms with van der Waals surface area (Å²) in [5, 5.41) is 8.68. The molecule has 1 aromatic heterocycles. The lowest BCUT2D eigenvalue weighted by Gasteiger charge is -2.19. The molecule has 9 heteroatoms. The summed E-state index contributed by atoms with van der Waals surface area (Å²) in [7, 11) is 1.56. The molecular formula is C11H16F3N5O. The number of anilines is 1. The number of amides is 1. The lowest BCUT2D eigenvalue weighted by molar-refractivity contribution is -0.182. The molecule has 1 aliphatic heterocycles. The number of aromatic nitrogens is 3. The van der Waals surface area contributed by atoms with Crippen LogP contribution in [0.3, 0.4) is 0 Å². The van der Waals surface area contributed by atoms with Gasteiger partial charge in [-0.05, 0) is 7.05 Å². The third kappa shape index (κ3) is 3.09. The van der Waals surface area contributed by atoms with Crippen LogP contribution in [0.4, 0.5) is 19.1 Å². The van der Waals surface area contributed by atoms with Crippen molar-refractivity contribution in [3.05, 3.63) is 5.82 Å². The Morgan fingerprint density at radius 2 is 2.20 bits per heavy atom. The van der Waals surface area contributed by atoms with Gasteiger partial charge >= 0.3 is 6.18 Å². The minimum atomic E-state index is -4.39. The zero-order chi connectivity index (χ0) is 14.9. The average molecular weight is 291 g/mol. The predicted octanol–water partition coefficient (Wildman–Crippen LogP) is 1.05. The lowest BCUT2D eigenvalue weighted by atomic mass is 9.95. The van der Waals surface area contributed by atoms with Crippen LogP contribution in [-0.2, 0) is 11.2 Å². The monoisotopic (exact) mass is 291 g/mol. The van der Waals surface area contributed by atoms with E-state index in [1.54, 1.807) is 7.05 Å². The number of halogens is 3. The number of nitrogens with one attached hydrogen (secondary N) is 2. The summed E-state index contributed by atoms with van der Waals surface area (Å²) in [6.45, 7) is 1.74. The highest BCUT2D eigenvalue weighted by molar-refractivity contribution is 5.91. The Balaban J connectivity index is 2.07. The average Bonchev–Trinajstić information content (AvgIpc) is 2.94. The van der Waals surface area contributed by atoms with Crippen molar-refractivity contribution in [3.63, 3.8) is 0 Å². The van der Waals surface area contributed by atoms with Crippen molar-refractivity contribution < 1.29 is 18.0 Å². The number of aromatic amines is 1. The Morgan fingerprint density at radius 1 is 1.50 bits per heavy atom. The van der Waals surface area contributed by atoms with Crippen LogP contribution in [0.2, 0.25) is 0 Å². The number of H-pyrrole nitrogens is 1. The summed E-state index contributed by atoms with van der Waals surface area (Å²) >= 11 is 0. The molecule has 20 heavy (non-hydrogen) atoms. The van der Waals surface area contributed by atoms with E-state index in [0.29, 0.717) is 12.2 Å². The van der Waals surface area contributed by atoms with E-state index in [4.69, 9.17) is 0 Å². The fourth-order valence-corrected chi connectivity index (χ4v) is 2.31. The fraction of sp³-hybridized carbons (Fsp3) is 0.727. The first-order valence-electron chi connectivity index (χ1n) is 6.28. The number of alkyl halides is 3. The van der Waals surface area contributed by atoms with Crippen LogP contribution in [0.5, 0.6) is 0 Å². The Bertz CT molecular complexity index is 487. The van der Waals surface area contributed by atoms with Gasteiger partial charge in [-0.15, -0.1) is 5.10 Å². The highest BCUT2D eigenvalue weighted by atomic mass is 19.4. The van der Waals surface area contributed by atoms with Gasteiger partial charge in [-0.2, -0.15) is 18.2 Å². The molecular weight excluding hydrogens is 275 g/mol. The third-order valence-corrected chi connectivity index (χ3v) is 3.36. The molecule has 2 atom stereocenters. The number of likely N-dealkylation sites (tertiary alicyclic amines) is 1. The smallest absolute Gasteiger partial charge is 0.305 e. The van der Waals surface area contributed by atoms with Crippen LogP contribution in [0, 0.1) is 11.8 Å². The van der Waals surface area contributed by atoms with E-state index >= 15 is 0 Å². The van der Waals surface area contributed by atoms with Gasteiger partial charge in [0, 0.05) is 19.5 Å². The second-order valence-corrected chi connectivity index (χ2v) is 4.92. The van der Waals surface area contributed by atoms with Crippen LogP contribution in [-0.4, -0.2) is 52.3 Å². The largest absolute Gasteiger partial charge is 0.393 e. The normalized spacial score (nSPS) is 24.1. The molecule has 6 nitrogen and oxygen atoms in total. The summed E-state index contributed by atoms with van der Waals surface area (Å²) in [6.07, 6.45) is -3.79. The van der Waals surface area contributed by atoms with E-state index in [2.05, 4.69) is 20.5 Å². The summed E-state index contributed by atoms with van der Waals surface area (Å²) in [6, 6.07) is 0. The second kappa shape index (κ2) is 5.39. The molecule has 0 radical (unpaired) electrons. The minimum absolute atomic E-state index is 0.0160. The number of hydrogen-bond acceptors (Lipinski definition) is 4. The van der Waals surface area contributed by atoms with Gasteiger partial charge in [0.05, 0.1) is 11.8 Å². The van der Waals surface area contributed by atoms with Crippen molar-refractivity contribution in [1.29, 1.82) is 0 Å². The first-order chi connectivity index (χ1) is 9.31. The molecule has 0 aromatic carbocycles. The molecule has 1 saturated heterocycles. The summed E-state index contributed by atoms with van der Waals surface area (Å²) in [4.78, 5) is 17.4. The van der Waals surface area contributed by atoms with Crippen LogP contribution < -0.4 is 5.32 Å². The maximum Gasteiger partial charge on any atom is 0.393 e. The van der Waals surface area contributed by atoms with Gasteiger partial charge in [-0.25, -0.2) is 0 Å². The van der Waals surface area contributed by atoms with E-state index in [9.17, 15) is 18.0 Å². The number of rotatable bonds is 3. The fourth-order valence-electron chi connectivity index (χ4n) is 2.31. The third-order valence-electron chi connectivity index (χ3n) is 3.36. The molecule has 0 spiro atoms. The summed E-state index contributed by atoms with van der Waals surface area (Å²) < 4.78 is 38.7. The quantitative estimate of drug-likeness (QED) is 0.873. The van der Waals surface area contributed by atoms with Gasteiger partial charge in [-0.3, -0.25) is 15.2 Å². The minimum Gasteiger partial charge on any atom is -0.305 e. The van der Waals surface area contributed by atoms with E-state index in [1.807, 2.05) is 6.92 Å². The van der Waals surface area contributed by atoms with Crippen molar-refractivity contribution in [1.82, 2.24) is 20.1 Å². The zero-order valence-corrected chi connectivity index (χ0v) is 11.2. The van der Waals surface area contributed by atoms with Gasteiger partial charge in [0.15, 0.2) is 0 Å². The van der Waals surface area contributed by atoms with Crippen molar-refractivity contribution >= 4 is 11.9 Å². The Labute approximate surface area is 113 Å².